The van der Waals surface area contributed by atoms with Gasteiger partial charge < -0.3 is 9.30 Å². The topological polar surface area (TPSA) is 34.5 Å². The second kappa shape index (κ2) is 7.67. The molecule has 1 aromatic heterocycles. The summed E-state index contributed by atoms with van der Waals surface area (Å²) in [6.45, 7) is 6.92. The van der Waals surface area contributed by atoms with Crippen LogP contribution in [0.4, 0.5) is 0 Å². The van der Waals surface area contributed by atoms with Gasteiger partial charge in [-0.2, -0.15) is 0 Å². The number of unbranched alkanes of at least 4 members (excludes halogenated alkanes) is 1. The molecular formula is C22H28N2O2. The first kappa shape index (κ1) is 17.3. The van der Waals surface area contributed by atoms with Crippen LogP contribution in [0.25, 0.3) is 0 Å². The van der Waals surface area contributed by atoms with Crippen LogP contribution in [-0.2, 0) is 13.1 Å². The molecule has 0 saturated carbocycles. The van der Waals surface area contributed by atoms with Crippen molar-refractivity contribution in [2.45, 2.75) is 45.2 Å². The third-order valence-corrected chi connectivity index (χ3v) is 5.65. The van der Waals surface area contributed by atoms with Crippen LogP contribution in [0, 0.1) is 5.92 Å². The van der Waals surface area contributed by atoms with Gasteiger partial charge in [0.15, 0.2) is 0 Å². The zero-order valence-corrected chi connectivity index (χ0v) is 15.6. The largest absolute Gasteiger partial charge is 0.494 e. The van der Waals surface area contributed by atoms with Gasteiger partial charge in [0.25, 0.3) is 5.56 Å². The van der Waals surface area contributed by atoms with Crippen LogP contribution in [0.15, 0.2) is 47.3 Å². The van der Waals surface area contributed by atoms with Crippen molar-refractivity contribution in [1.29, 1.82) is 0 Å². The van der Waals surface area contributed by atoms with E-state index in [0.717, 1.165) is 51.4 Å². The van der Waals surface area contributed by atoms with Crippen LogP contribution in [0.5, 0.6) is 5.75 Å². The SMILES string of the molecule is CCCCOc1ccc(CN2C[C@@H]3C[C@@H](C2)c2cccc(=O)n2C3)cc1. The van der Waals surface area contributed by atoms with E-state index in [-0.39, 0.29) is 5.56 Å². The highest BCUT2D eigenvalue weighted by Gasteiger charge is 2.34. The maximum absolute atomic E-state index is 12.1. The fraction of sp³-hybridized carbons (Fsp3) is 0.500. The standard InChI is InChI=1S/C22H28N2O2/c1-2-3-11-26-20-9-7-17(8-10-20)13-23-14-18-12-19(16-23)21-5-4-6-22(25)24(21)15-18/h4-10,18-19H,2-3,11-16H2,1H3/t18-,19-/m0/s1. The van der Waals surface area contributed by atoms with Gasteiger partial charge in [-0.1, -0.05) is 31.5 Å². The van der Waals surface area contributed by atoms with E-state index in [0.29, 0.717) is 11.8 Å². The van der Waals surface area contributed by atoms with Crippen molar-refractivity contribution in [3.63, 3.8) is 0 Å². The van der Waals surface area contributed by atoms with Gasteiger partial charge in [-0.15, -0.1) is 0 Å². The number of fused-ring (bicyclic) bond motifs is 4. The van der Waals surface area contributed by atoms with Crippen molar-refractivity contribution < 1.29 is 4.74 Å². The quantitative estimate of drug-likeness (QED) is 0.745. The molecule has 2 bridgehead atoms. The first-order valence-corrected chi connectivity index (χ1v) is 9.87. The number of aromatic nitrogens is 1. The highest BCUT2D eigenvalue weighted by molar-refractivity contribution is 5.27. The van der Waals surface area contributed by atoms with Gasteiger partial charge in [0.2, 0.25) is 0 Å². The van der Waals surface area contributed by atoms with Crippen molar-refractivity contribution in [2.24, 2.45) is 5.92 Å². The van der Waals surface area contributed by atoms with E-state index in [1.165, 1.54) is 17.7 Å². The van der Waals surface area contributed by atoms with Gasteiger partial charge in [0.05, 0.1) is 6.61 Å². The van der Waals surface area contributed by atoms with Crippen molar-refractivity contribution in [1.82, 2.24) is 9.47 Å². The number of pyridine rings is 1. The van der Waals surface area contributed by atoms with E-state index in [4.69, 9.17) is 4.74 Å². The summed E-state index contributed by atoms with van der Waals surface area (Å²) in [5, 5.41) is 0. The molecule has 2 aliphatic heterocycles. The molecule has 4 nitrogen and oxygen atoms in total. The van der Waals surface area contributed by atoms with Crippen LogP contribution in [-0.4, -0.2) is 29.2 Å². The molecule has 138 valence electrons. The zero-order valence-electron chi connectivity index (χ0n) is 15.6. The highest BCUT2D eigenvalue weighted by Crippen LogP contribution is 2.35. The van der Waals surface area contributed by atoms with Gasteiger partial charge in [-0.3, -0.25) is 9.69 Å². The number of benzene rings is 1. The van der Waals surface area contributed by atoms with Crippen LogP contribution < -0.4 is 10.3 Å². The first-order valence-electron chi connectivity index (χ1n) is 9.87. The monoisotopic (exact) mass is 352 g/mol. The number of hydrogen-bond donors (Lipinski definition) is 0. The summed E-state index contributed by atoms with van der Waals surface area (Å²) in [5.74, 6) is 2.03. The molecule has 0 radical (unpaired) electrons. The highest BCUT2D eigenvalue weighted by atomic mass is 16.5. The molecule has 4 heteroatoms. The third kappa shape index (κ3) is 3.70. The van der Waals surface area contributed by atoms with Crippen LogP contribution >= 0.6 is 0 Å². The number of ether oxygens (including phenoxy) is 1. The molecule has 2 aliphatic rings. The lowest BCUT2D eigenvalue weighted by atomic mass is 9.83. The number of piperidine rings is 1. The number of rotatable bonds is 6. The normalized spacial score (nSPS) is 22.0. The van der Waals surface area contributed by atoms with Crippen LogP contribution in [0.2, 0.25) is 0 Å². The second-order valence-corrected chi connectivity index (χ2v) is 7.74. The molecule has 0 unspecified atom stereocenters. The summed E-state index contributed by atoms with van der Waals surface area (Å²) in [6.07, 6.45) is 3.47. The van der Waals surface area contributed by atoms with E-state index >= 15 is 0 Å². The van der Waals surface area contributed by atoms with Crippen molar-refractivity contribution in [3.8, 4) is 5.75 Å². The minimum atomic E-state index is 0.157. The summed E-state index contributed by atoms with van der Waals surface area (Å²) in [6, 6.07) is 14.3. The van der Waals surface area contributed by atoms with Gasteiger partial charge in [-0.05, 0) is 42.5 Å². The molecule has 26 heavy (non-hydrogen) atoms. The van der Waals surface area contributed by atoms with E-state index in [1.54, 1.807) is 6.07 Å². The van der Waals surface area contributed by atoms with Gasteiger partial charge in [-0.25, -0.2) is 0 Å². The maximum atomic E-state index is 12.1. The van der Waals surface area contributed by atoms with Crippen LogP contribution in [0.3, 0.4) is 0 Å². The number of likely N-dealkylation sites (tertiary alicyclic amines) is 1. The average molecular weight is 352 g/mol. The van der Waals surface area contributed by atoms with Crippen molar-refractivity contribution >= 4 is 0 Å². The molecule has 0 aliphatic carbocycles. The minimum Gasteiger partial charge on any atom is -0.494 e. The van der Waals surface area contributed by atoms with E-state index in [1.807, 2.05) is 10.6 Å². The van der Waals surface area contributed by atoms with Gasteiger partial charge >= 0.3 is 0 Å². The van der Waals surface area contributed by atoms with Crippen molar-refractivity contribution in [3.05, 3.63) is 64.1 Å². The lowest BCUT2D eigenvalue weighted by molar-refractivity contribution is 0.114. The fourth-order valence-corrected chi connectivity index (χ4v) is 4.41. The summed E-state index contributed by atoms with van der Waals surface area (Å²) < 4.78 is 7.75. The van der Waals surface area contributed by atoms with E-state index < -0.39 is 0 Å². The Kier molecular flexibility index (Phi) is 5.11. The van der Waals surface area contributed by atoms with Gasteiger partial charge in [0.1, 0.15) is 5.75 Å². The molecule has 3 heterocycles. The zero-order chi connectivity index (χ0) is 17.9. The summed E-state index contributed by atoms with van der Waals surface area (Å²) in [7, 11) is 0. The number of nitrogens with zero attached hydrogens (tertiary/aromatic N) is 2. The summed E-state index contributed by atoms with van der Waals surface area (Å²) in [4.78, 5) is 14.7. The Morgan fingerprint density at radius 3 is 2.73 bits per heavy atom. The third-order valence-electron chi connectivity index (χ3n) is 5.65. The smallest absolute Gasteiger partial charge is 0.250 e. The molecule has 0 N–H and O–H groups in total. The molecule has 2 aromatic rings. The Morgan fingerprint density at radius 2 is 1.92 bits per heavy atom. The molecule has 4 rings (SSSR count). The molecule has 0 spiro atoms. The Labute approximate surface area is 155 Å². The summed E-state index contributed by atoms with van der Waals surface area (Å²) in [5.41, 5.74) is 2.71. The molecule has 1 saturated heterocycles. The lowest BCUT2D eigenvalue weighted by Crippen LogP contribution is -2.46. The Bertz CT molecular complexity index is 797. The minimum absolute atomic E-state index is 0.157. The Balaban J connectivity index is 1.41. The second-order valence-electron chi connectivity index (χ2n) is 7.74. The Morgan fingerprint density at radius 1 is 1.08 bits per heavy atom. The fourth-order valence-electron chi connectivity index (χ4n) is 4.41. The van der Waals surface area contributed by atoms with Gasteiger partial charge in [0, 0.05) is 43.9 Å². The molecular weight excluding hydrogens is 324 g/mol. The summed E-state index contributed by atoms with van der Waals surface area (Å²) >= 11 is 0. The van der Waals surface area contributed by atoms with Crippen molar-refractivity contribution in [2.75, 3.05) is 19.7 Å². The molecule has 1 aromatic carbocycles. The molecule has 1 fully saturated rings. The molecule has 0 amide bonds. The first-order chi connectivity index (χ1) is 12.7. The maximum Gasteiger partial charge on any atom is 0.250 e. The number of hydrogen-bond acceptors (Lipinski definition) is 3. The van der Waals surface area contributed by atoms with Crippen LogP contribution in [0.1, 0.15) is 43.4 Å². The molecule has 2 atom stereocenters. The Hall–Kier alpha value is -2.07. The lowest BCUT2D eigenvalue weighted by Gasteiger charge is -2.42. The predicted octanol–water partition coefficient (Wildman–Crippen LogP) is 3.65. The van der Waals surface area contributed by atoms with E-state index in [9.17, 15) is 4.79 Å². The predicted molar refractivity (Wildman–Crippen MR) is 104 cm³/mol. The van der Waals surface area contributed by atoms with E-state index in [2.05, 4.69) is 42.2 Å². The average Bonchev–Trinajstić information content (AvgIpc) is 2.64.